The van der Waals surface area contributed by atoms with Crippen molar-refractivity contribution in [2.24, 2.45) is 0 Å². The van der Waals surface area contributed by atoms with Crippen LogP contribution in [-0.4, -0.2) is 16.6 Å². The number of para-hydroxylation sites is 2. The number of rotatable bonds is 3. The maximum atomic E-state index is 12.2. The zero-order valence-corrected chi connectivity index (χ0v) is 11.7. The van der Waals surface area contributed by atoms with Crippen LogP contribution in [0.1, 0.15) is 0 Å². The third kappa shape index (κ3) is 2.51. The second kappa shape index (κ2) is 5.20. The van der Waals surface area contributed by atoms with Gasteiger partial charge in [0.05, 0.1) is 15.5 Å². The standard InChI is InChI=1S/C14H9BrF2N2O/c15-9-7-8(5-6-12(9)20-14(16)17)13-18-10-3-1-2-4-11(10)19-13/h1-7,14H,(H,18,19). The number of imidazole rings is 1. The maximum Gasteiger partial charge on any atom is 0.387 e. The molecule has 0 bridgehead atoms. The molecule has 3 rings (SSSR count). The molecule has 1 aromatic heterocycles. The Labute approximate surface area is 121 Å². The van der Waals surface area contributed by atoms with E-state index < -0.39 is 6.61 Å². The first-order chi connectivity index (χ1) is 9.63. The Bertz CT molecular complexity index is 725. The van der Waals surface area contributed by atoms with Gasteiger partial charge in [0.25, 0.3) is 0 Å². The van der Waals surface area contributed by atoms with Crippen molar-refractivity contribution in [1.29, 1.82) is 0 Å². The Kier molecular flexibility index (Phi) is 3.40. The van der Waals surface area contributed by atoms with E-state index in [2.05, 4.69) is 30.6 Å². The number of nitrogens with zero attached hydrogens (tertiary/aromatic N) is 1. The van der Waals surface area contributed by atoms with Crippen molar-refractivity contribution in [2.75, 3.05) is 0 Å². The molecule has 0 aliphatic heterocycles. The van der Waals surface area contributed by atoms with Crippen LogP contribution < -0.4 is 4.74 Å². The predicted octanol–water partition coefficient (Wildman–Crippen LogP) is 4.59. The summed E-state index contributed by atoms with van der Waals surface area (Å²) in [5.74, 6) is 0.773. The van der Waals surface area contributed by atoms with E-state index in [0.29, 0.717) is 10.3 Å². The monoisotopic (exact) mass is 338 g/mol. The second-order valence-corrected chi connectivity index (χ2v) is 4.98. The Morgan fingerprint density at radius 2 is 1.95 bits per heavy atom. The summed E-state index contributed by atoms with van der Waals surface area (Å²) in [7, 11) is 0. The molecule has 0 amide bonds. The number of hydrogen-bond acceptors (Lipinski definition) is 2. The smallest absolute Gasteiger partial charge is 0.387 e. The number of halogens is 3. The average molecular weight is 339 g/mol. The molecule has 0 saturated carbocycles. The number of ether oxygens (including phenoxy) is 1. The number of aromatic nitrogens is 2. The zero-order chi connectivity index (χ0) is 14.1. The summed E-state index contributed by atoms with van der Waals surface area (Å²) in [6.45, 7) is -2.84. The number of fused-ring (bicyclic) bond motifs is 1. The van der Waals surface area contributed by atoms with Crippen LogP contribution in [-0.2, 0) is 0 Å². The molecule has 0 aliphatic carbocycles. The van der Waals surface area contributed by atoms with Gasteiger partial charge in [0.2, 0.25) is 0 Å². The molecule has 1 N–H and O–H groups in total. The number of hydrogen-bond donors (Lipinski definition) is 1. The van der Waals surface area contributed by atoms with Crippen LogP contribution >= 0.6 is 15.9 Å². The molecule has 3 aromatic rings. The molecule has 0 unspecified atom stereocenters. The summed E-state index contributed by atoms with van der Waals surface area (Å²) in [4.78, 5) is 7.63. The first kappa shape index (κ1) is 13.1. The molecule has 0 aliphatic rings. The number of nitrogens with one attached hydrogen (secondary N) is 1. The second-order valence-electron chi connectivity index (χ2n) is 4.13. The number of aromatic amines is 1. The lowest BCUT2D eigenvalue weighted by Crippen LogP contribution is -2.02. The molecule has 20 heavy (non-hydrogen) atoms. The van der Waals surface area contributed by atoms with E-state index in [1.165, 1.54) is 6.07 Å². The fourth-order valence-corrected chi connectivity index (χ4v) is 2.40. The van der Waals surface area contributed by atoms with Gasteiger partial charge in [-0.1, -0.05) is 12.1 Å². The van der Waals surface area contributed by atoms with E-state index in [1.807, 2.05) is 24.3 Å². The lowest BCUT2D eigenvalue weighted by molar-refractivity contribution is -0.0503. The summed E-state index contributed by atoms with van der Waals surface area (Å²) in [5.41, 5.74) is 2.56. The molecule has 0 fully saturated rings. The molecule has 0 radical (unpaired) electrons. The SMILES string of the molecule is FC(F)Oc1ccc(-c2nc3ccccc3[nH]2)cc1Br. The maximum absolute atomic E-state index is 12.2. The summed E-state index contributed by atoms with van der Waals surface area (Å²) in [6, 6.07) is 12.5. The molecule has 0 atom stereocenters. The minimum absolute atomic E-state index is 0.0971. The van der Waals surface area contributed by atoms with Crippen molar-refractivity contribution in [3.05, 3.63) is 46.9 Å². The summed E-state index contributed by atoms with van der Waals surface area (Å²) >= 11 is 3.22. The lowest BCUT2D eigenvalue weighted by Gasteiger charge is -2.07. The van der Waals surface area contributed by atoms with Crippen molar-refractivity contribution in [1.82, 2.24) is 9.97 Å². The minimum Gasteiger partial charge on any atom is -0.434 e. The highest BCUT2D eigenvalue weighted by Crippen LogP contribution is 2.31. The van der Waals surface area contributed by atoms with Gasteiger partial charge in [0, 0.05) is 5.56 Å². The first-order valence-corrected chi connectivity index (χ1v) is 6.62. The van der Waals surface area contributed by atoms with Gasteiger partial charge in [-0.15, -0.1) is 0 Å². The Hall–Kier alpha value is -1.95. The molecule has 102 valence electrons. The average Bonchev–Trinajstić information content (AvgIpc) is 2.84. The number of H-pyrrole nitrogens is 1. The number of benzene rings is 2. The van der Waals surface area contributed by atoms with Gasteiger partial charge in [-0.3, -0.25) is 0 Å². The van der Waals surface area contributed by atoms with Crippen molar-refractivity contribution in [3.8, 4) is 17.1 Å². The van der Waals surface area contributed by atoms with E-state index in [1.54, 1.807) is 12.1 Å². The van der Waals surface area contributed by atoms with Crippen molar-refractivity contribution < 1.29 is 13.5 Å². The number of alkyl halides is 2. The quantitative estimate of drug-likeness (QED) is 0.758. The molecule has 0 spiro atoms. The van der Waals surface area contributed by atoms with Crippen LogP contribution in [0, 0.1) is 0 Å². The Morgan fingerprint density at radius 1 is 1.15 bits per heavy atom. The third-order valence-electron chi connectivity index (χ3n) is 2.81. The van der Waals surface area contributed by atoms with Crippen LogP contribution in [0.4, 0.5) is 8.78 Å². The van der Waals surface area contributed by atoms with Gasteiger partial charge in [-0.25, -0.2) is 4.98 Å². The molecular formula is C14H9BrF2N2O. The lowest BCUT2D eigenvalue weighted by atomic mass is 10.2. The van der Waals surface area contributed by atoms with Gasteiger partial charge < -0.3 is 9.72 Å². The molecule has 3 nitrogen and oxygen atoms in total. The van der Waals surface area contributed by atoms with Gasteiger partial charge in [-0.2, -0.15) is 8.78 Å². The van der Waals surface area contributed by atoms with Gasteiger partial charge in [-0.05, 0) is 46.3 Å². The van der Waals surface area contributed by atoms with Crippen LogP contribution in [0.2, 0.25) is 0 Å². The van der Waals surface area contributed by atoms with Crippen molar-refractivity contribution in [3.63, 3.8) is 0 Å². The molecule has 2 aromatic carbocycles. The largest absolute Gasteiger partial charge is 0.434 e. The van der Waals surface area contributed by atoms with Crippen LogP contribution in [0.3, 0.4) is 0 Å². The third-order valence-corrected chi connectivity index (χ3v) is 3.43. The molecule has 1 heterocycles. The molecule has 0 saturated heterocycles. The van der Waals surface area contributed by atoms with Crippen LogP contribution in [0.25, 0.3) is 22.4 Å². The van der Waals surface area contributed by atoms with E-state index in [-0.39, 0.29) is 5.75 Å². The molecular weight excluding hydrogens is 330 g/mol. The first-order valence-electron chi connectivity index (χ1n) is 5.83. The summed E-state index contributed by atoms with van der Waals surface area (Å²) in [5, 5.41) is 0. The zero-order valence-electron chi connectivity index (χ0n) is 10.1. The van der Waals surface area contributed by atoms with Gasteiger partial charge in [0.15, 0.2) is 0 Å². The van der Waals surface area contributed by atoms with Gasteiger partial charge >= 0.3 is 6.61 Å². The Balaban J connectivity index is 1.99. The van der Waals surface area contributed by atoms with Crippen molar-refractivity contribution in [2.45, 2.75) is 6.61 Å². The fraction of sp³-hybridized carbons (Fsp3) is 0.0714. The van der Waals surface area contributed by atoms with E-state index in [0.717, 1.165) is 16.6 Å². The highest BCUT2D eigenvalue weighted by molar-refractivity contribution is 9.10. The van der Waals surface area contributed by atoms with E-state index in [4.69, 9.17) is 0 Å². The summed E-state index contributed by atoms with van der Waals surface area (Å²) < 4.78 is 29.2. The summed E-state index contributed by atoms with van der Waals surface area (Å²) in [6.07, 6.45) is 0. The fourth-order valence-electron chi connectivity index (χ4n) is 1.93. The topological polar surface area (TPSA) is 37.9 Å². The van der Waals surface area contributed by atoms with E-state index in [9.17, 15) is 8.78 Å². The minimum atomic E-state index is -2.84. The highest BCUT2D eigenvalue weighted by atomic mass is 79.9. The normalized spacial score (nSPS) is 11.2. The van der Waals surface area contributed by atoms with Crippen molar-refractivity contribution >= 4 is 27.0 Å². The molecule has 6 heteroatoms. The van der Waals surface area contributed by atoms with E-state index >= 15 is 0 Å². The predicted molar refractivity (Wildman–Crippen MR) is 75.9 cm³/mol. The highest BCUT2D eigenvalue weighted by Gasteiger charge is 2.11. The van der Waals surface area contributed by atoms with Crippen LogP contribution in [0.5, 0.6) is 5.75 Å². The van der Waals surface area contributed by atoms with Crippen LogP contribution in [0.15, 0.2) is 46.9 Å². The van der Waals surface area contributed by atoms with Gasteiger partial charge in [0.1, 0.15) is 11.6 Å². The Morgan fingerprint density at radius 3 is 2.65 bits per heavy atom.